The third-order valence-corrected chi connectivity index (χ3v) is 14.7. The second-order valence-electron chi connectivity index (χ2n) is 21.6. The SMILES string of the molecule is CCCCCCCCCCCCCCCCCCCCCC(=O)O[C@H](COC(=O)CCCCCCCCCCCCCCCCCCC)COC(=O)CCCCCCCCCCCCC(C)CC. The van der Waals surface area contributed by atoms with Crippen LogP contribution in [0.25, 0.3) is 0 Å². The molecule has 0 bridgehead atoms. The highest BCUT2D eigenvalue weighted by atomic mass is 16.6. The monoisotopic (exact) mass is 961 g/mol. The van der Waals surface area contributed by atoms with Crippen LogP contribution in [0.5, 0.6) is 0 Å². The fourth-order valence-corrected chi connectivity index (χ4v) is 9.60. The normalized spacial score (nSPS) is 12.4. The van der Waals surface area contributed by atoms with E-state index in [9.17, 15) is 14.4 Å². The van der Waals surface area contributed by atoms with Crippen molar-refractivity contribution in [1.82, 2.24) is 0 Å². The van der Waals surface area contributed by atoms with Gasteiger partial charge in [-0.15, -0.1) is 0 Å². The molecule has 0 saturated heterocycles. The molecule has 0 saturated carbocycles. The van der Waals surface area contributed by atoms with Crippen LogP contribution < -0.4 is 0 Å². The number of rotatable bonds is 57. The quantitative estimate of drug-likeness (QED) is 0.0343. The fourth-order valence-electron chi connectivity index (χ4n) is 9.60. The van der Waals surface area contributed by atoms with Gasteiger partial charge in [0.25, 0.3) is 0 Å². The van der Waals surface area contributed by atoms with Crippen LogP contribution in [0.15, 0.2) is 0 Å². The minimum atomic E-state index is -0.763. The maximum atomic E-state index is 12.9. The molecule has 0 heterocycles. The molecule has 404 valence electrons. The summed E-state index contributed by atoms with van der Waals surface area (Å²) in [5.74, 6) is 0.0382. The minimum Gasteiger partial charge on any atom is -0.462 e. The third kappa shape index (κ3) is 53.8. The summed E-state index contributed by atoms with van der Waals surface area (Å²) in [6, 6.07) is 0. The van der Waals surface area contributed by atoms with Crippen LogP contribution in [0.3, 0.4) is 0 Å². The van der Waals surface area contributed by atoms with Gasteiger partial charge in [0.05, 0.1) is 0 Å². The van der Waals surface area contributed by atoms with Gasteiger partial charge in [0.15, 0.2) is 6.10 Å². The van der Waals surface area contributed by atoms with Crippen molar-refractivity contribution in [2.24, 2.45) is 5.92 Å². The van der Waals surface area contributed by atoms with Gasteiger partial charge in [-0.1, -0.05) is 317 Å². The molecule has 0 amide bonds. The predicted octanol–water partition coefficient (Wildman–Crippen LogP) is 20.6. The number of hydrogen-bond acceptors (Lipinski definition) is 6. The first-order valence-corrected chi connectivity index (χ1v) is 30.9. The van der Waals surface area contributed by atoms with Crippen molar-refractivity contribution in [1.29, 1.82) is 0 Å². The molecular weight excluding hydrogens is 841 g/mol. The van der Waals surface area contributed by atoms with Crippen molar-refractivity contribution in [2.45, 2.75) is 361 Å². The molecule has 0 N–H and O–H groups in total. The van der Waals surface area contributed by atoms with E-state index < -0.39 is 6.10 Å². The average Bonchev–Trinajstić information content (AvgIpc) is 3.34. The topological polar surface area (TPSA) is 78.9 Å². The zero-order valence-electron chi connectivity index (χ0n) is 46.6. The van der Waals surface area contributed by atoms with E-state index >= 15 is 0 Å². The van der Waals surface area contributed by atoms with E-state index in [4.69, 9.17) is 14.2 Å². The average molecular weight is 962 g/mol. The molecule has 2 atom stereocenters. The molecule has 0 radical (unpaired) electrons. The first-order chi connectivity index (χ1) is 33.4. The Hall–Kier alpha value is -1.59. The van der Waals surface area contributed by atoms with Crippen LogP contribution in [-0.4, -0.2) is 37.2 Å². The van der Waals surface area contributed by atoms with Crippen LogP contribution in [0.2, 0.25) is 0 Å². The van der Waals surface area contributed by atoms with Gasteiger partial charge >= 0.3 is 17.9 Å². The molecule has 0 aliphatic rings. The van der Waals surface area contributed by atoms with E-state index in [1.807, 2.05) is 0 Å². The van der Waals surface area contributed by atoms with E-state index in [0.717, 1.165) is 63.7 Å². The fraction of sp³-hybridized carbons (Fsp3) is 0.952. The van der Waals surface area contributed by atoms with Gasteiger partial charge in [0, 0.05) is 19.3 Å². The Morgan fingerprint density at radius 3 is 0.765 bits per heavy atom. The summed E-state index contributed by atoms with van der Waals surface area (Å²) in [4.78, 5) is 38.2. The molecule has 6 heteroatoms. The van der Waals surface area contributed by atoms with Gasteiger partial charge in [-0.2, -0.15) is 0 Å². The van der Waals surface area contributed by atoms with Gasteiger partial charge in [-0.3, -0.25) is 14.4 Å². The second kappa shape index (κ2) is 56.3. The van der Waals surface area contributed by atoms with E-state index in [1.54, 1.807) is 0 Å². The van der Waals surface area contributed by atoms with Crippen LogP contribution in [-0.2, 0) is 28.6 Å². The summed E-state index contributed by atoms with van der Waals surface area (Å²) in [6.45, 7) is 9.10. The third-order valence-electron chi connectivity index (χ3n) is 14.7. The summed E-state index contributed by atoms with van der Waals surface area (Å²) >= 11 is 0. The number of esters is 3. The van der Waals surface area contributed by atoms with Crippen molar-refractivity contribution in [2.75, 3.05) is 13.2 Å². The zero-order valence-corrected chi connectivity index (χ0v) is 46.6. The summed E-state index contributed by atoms with van der Waals surface area (Å²) in [6.07, 6.45) is 62.4. The number of ether oxygens (including phenoxy) is 3. The lowest BCUT2D eigenvalue weighted by molar-refractivity contribution is -0.167. The number of carbonyl (C=O) groups is 3. The molecule has 0 aliphatic carbocycles. The van der Waals surface area contributed by atoms with Crippen LogP contribution in [0.4, 0.5) is 0 Å². The Morgan fingerprint density at radius 2 is 0.515 bits per heavy atom. The van der Waals surface area contributed by atoms with E-state index in [-0.39, 0.29) is 31.1 Å². The number of carbonyl (C=O) groups excluding carboxylic acids is 3. The van der Waals surface area contributed by atoms with Gasteiger partial charge in [0.2, 0.25) is 0 Å². The van der Waals surface area contributed by atoms with Crippen LogP contribution in [0, 0.1) is 5.92 Å². The Morgan fingerprint density at radius 1 is 0.294 bits per heavy atom. The van der Waals surface area contributed by atoms with Gasteiger partial charge < -0.3 is 14.2 Å². The van der Waals surface area contributed by atoms with E-state index in [0.29, 0.717) is 19.3 Å². The maximum absolute atomic E-state index is 12.9. The smallest absolute Gasteiger partial charge is 0.306 e. The van der Waals surface area contributed by atoms with Crippen molar-refractivity contribution in [3.8, 4) is 0 Å². The molecule has 0 aromatic rings. The number of hydrogen-bond donors (Lipinski definition) is 0. The lowest BCUT2D eigenvalue weighted by atomic mass is 9.99. The Balaban J connectivity index is 4.28. The summed E-state index contributed by atoms with van der Waals surface area (Å²) in [7, 11) is 0. The van der Waals surface area contributed by atoms with Crippen LogP contribution >= 0.6 is 0 Å². The lowest BCUT2D eigenvalue weighted by Crippen LogP contribution is -2.30. The molecule has 0 fully saturated rings. The highest BCUT2D eigenvalue weighted by Gasteiger charge is 2.19. The molecule has 0 spiro atoms. The molecule has 68 heavy (non-hydrogen) atoms. The van der Waals surface area contributed by atoms with Crippen molar-refractivity contribution in [3.05, 3.63) is 0 Å². The largest absolute Gasteiger partial charge is 0.462 e. The molecule has 6 nitrogen and oxygen atoms in total. The molecular formula is C62H120O6. The Bertz CT molecular complexity index is 1030. The zero-order chi connectivity index (χ0) is 49.5. The minimum absolute atomic E-state index is 0.0616. The summed E-state index contributed by atoms with van der Waals surface area (Å²) < 4.78 is 16.9. The Kier molecular flexibility index (Phi) is 55.0. The number of unbranched alkanes of at least 4 members (excludes halogenated alkanes) is 43. The highest BCUT2D eigenvalue weighted by molar-refractivity contribution is 5.71. The molecule has 0 aromatic carbocycles. The van der Waals surface area contributed by atoms with E-state index in [2.05, 4.69) is 27.7 Å². The van der Waals surface area contributed by atoms with Gasteiger partial charge in [-0.25, -0.2) is 0 Å². The lowest BCUT2D eigenvalue weighted by Gasteiger charge is -2.18. The molecule has 1 unspecified atom stereocenters. The molecule has 0 rings (SSSR count). The van der Waals surface area contributed by atoms with Crippen LogP contribution in [0.1, 0.15) is 355 Å². The first-order valence-electron chi connectivity index (χ1n) is 30.9. The molecule has 0 aromatic heterocycles. The highest BCUT2D eigenvalue weighted by Crippen LogP contribution is 2.19. The predicted molar refractivity (Wildman–Crippen MR) is 293 cm³/mol. The van der Waals surface area contributed by atoms with E-state index in [1.165, 1.54) is 250 Å². The summed E-state index contributed by atoms with van der Waals surface area (Å²) in [5, 5.41) is 0. The Labute approximate surface area is 425 Å². The van der Waals surface area contributed by atoms with Gasteiger partial charge in [-0.05, 0) is 25.2 Å². The summed E-state index contributed by atoms with van der Waals surface area (Å²) in [5.41, 5.74) is 0. The van der Waals surface area contributed by atoms with Crippen molar-refractivity contribution >= 4 is 17.9 Å². The van der Waals surface area contributed by atoms with Crippen molar-refractivity contribution in [3.63, 3.8) is 0 Å². The maximum Gasteiger partial charge on any atom is 0.306 e. The first kappa shape index (κ1) is 66.4. The van der Waals surface area contributed by atoms with Crippen molar-refractivity contribution < 1.29 is 28.6 Å². The molecule has 0 aliphatic heterocycles. The standard InChI is InChI=1S/C62H120O6/c1-5-8-10-12-14-16-18-20-22-24-25-27-29-31-33-39-43-47-51-55-62(65)68-59(57-67-61(64)54-50-46-42-38-35-34-36-40-44-48-52-58(4)7-3)56-66-60(63)53-49-45-41-37-32-30-28-26-23-21-19-17-15-13-11-9-6-2/h58-59H,5-57H2,1-4H3/t58?,59-/m1/s1. The van der Waals surface area contributed by atoms with Gasteiger partial charge in [0.1, 0.15) is 13.2 Å². The second-order valence-corrected chi connectivity index (χ2v) is 21.6.